The van der Waals surface area contributed by atoms with Gasteiger partial charge in [-0.3, -0.25) is 0 Å². The van der Waals surface area contributed by atoms with Crippen molar-refractivity contribution < 1.29 is 31.9 Å². The Kier molecular flexibility index (Phi) is 36.0. The van der Waals surface area contributed by atoms with Gasteiger partial charge in [-0.2, -0.15) is 0 Å². The Balaban J connectivity index is -0.000000114. The number of rotatable bonds is 0. The Bertz CT molecular complexity index is 27.6. The van der Waals surface area contributed by atoms with Gasteiger partial charge in [0, 0.05) is 35.9 Å². The van der Waals surface area contributed by atoms with E-state index >= 15 is 0 Å². The normalized spacial score (nSPS) is 14.2. The molecule has 0 aromatic heterocycles. The molecule has 2 nitrogen and oxygen atoms in total. The fourth-order valence-electron chi connectivity index (χ4n) is 1.06. The Morgan fingerprint density at radius 3 is 0.727 bits per heavy atom. The predicted molar refractivity (Wildman–Crippen MR) is 44.0 cm³/mol. The van der Waals surface area contributed by atoms with Gasteiger partial charge in [0.1, 0.15) is 0 Å². The van der Waals surface area contributed by atoms with E-state index in [0.29, 0.717) is 0 Å². The molecule has 0 aliphatic heterocycles. The van der Waals surface area contributed by atoms with E-state index in [2.05, 4.69) is 0 Å². The molecule has 3 heteroatoms. The van der Waals surface area contributed by atoms with Crippen LogP contribution in [0.25, 0.3) is 0 Å². The molecule has 0 bridgehead atoms. The molecule has 1 saturated carbocycles. The quantitative estimate of drug-likeness (QED) is 0.577. The fraction of sp³-hybridized carbons (Fsp3) is 1.00. The summed E-state index contributed by atoms with van der Waals surface area (Å²) in [6.07, 6.45) is 9.00. The van der Waals surface area contributed by atoms with Gasteiger partial charge in [-0.1, -0.05) is 38.5 Å². The summed E-state index contributed by atoms with van der Waals surface area (Å²) in [6, 6.07) is 0. The van der Waals surface area contributed by atoms with Gasteiger partial charge in [-0.15, -0.1) is 0 Å². The Labute approximate surface area is 84.9 Å². The van der Waals surface area contributed by atoms with Gasteiger partial charge in [0.25, 0.3) is 0 Å². The zero-order valence-electron chi connectivity index (χ0n) is 7.64. The summed E-state index contributed by atoms with van der Waals surface area (Å²) < 4.78 is 0. The van der Waals surface area contributed by atoms with Crippen LogP contribution in [0.1, 0.15) is 38.5 Å². The molecule has 0 heterocycles. The number of hydrogen-bond donors (Lipinski definition) is 2. The van der Waals surface area contributed by atoms with Crippen LogP contribution in [0, 0.1) is 0 Å². The Hall–Kier alpha value is 0.634. The van der Waals surface area contributed by atoms with Crippen molar-refractivity contribution in [2.24, 2.45) is 0 Å². The van der Waals surface area contributed by atoms with Crippen molar-refractivity contribution in [3.63, 3.8) is 0 Å². The van der Waals surface area contributed by atoms with Crippen LogP contribution in [0.3, 0.4) is 0 Å². The molecule has 2 N–H and O–H groups in total. The summed E-state index contributed by atoms with van der Waals surface area (Å²) in [4.78, 5) is 0. The van der Waals surface area contributed by atoms with Crippen LogP contribution < -0.4 is 0 Å². The van der Waals surface area contributed by atoms with Crippen molar-refractivity contribution in [1.29, 1.82) is 0 Å². The summed E-state index contributed by atoms with van der Waals surface area (Å²) >= 11 is 0. The average Bonchev–Trinajstić information content (AvgIpc) is 2.14. The van der Waals surface area contributed by atoms with Crippen LogP contribution >= 0.6 is 0 Å². The largest absolute Gasteiger partial charge is 0.400 e. The maximum atomic E-state index is 7.00. The van der Waals surface area contributed by atoms with E-state index in [1.54, 1.807) is 0 Å². The molecule has 68 valence electrons. The SMILES string of the molecule is C1CCCCC1.CO.CO.[Ti]. The van der Waals surface area contributed by atoms with E-state index < -0.39 is 0 Å². The van der Waals surface area contributed by atoms with Gasteiger partial charge in [-0.25, -0.2) is 0 Å². The molecule has 0 atom stereocenters. The third kappa shape index (κ3) is 18.0. The first-order valence-corrected chi connectivity index (χ1v) is 3.89. The van der Waals surface area contributed by atoms with Crippen LogP contribution in [-0.2, 0) is 21.7 Å². The molecule has 0 radical (unpaired) electrons. The van der Waals surface area contributed by atoms with Gasteiger partial charge in [0.15, 0.2) is 0 Å². The number of hydrogen-bond acceptors (Lipinski definition) is 2. The zero-order valence-corrected chi connectivity index (χ0v) is 9.20. The summed E-state index contributed by atoms with van der Waals surface area (Å²) in [5, 5.41) is 14.0. The first kappa shape index (κ1) is 17.6. The van der Waals surface area contributed by atoms with Crippen LogP contribution in [0.2, 0.25) is 0 Å². The minimum Gasteiger partial charge on any atom is -0.400 e. The van der Waals surface area contributed by atoms with E-state index in [1.165, 1.54) is 38.5 Å². The van der Waals surface area contributed by atoms with Gasteiger partial charge in [0.2, 0.25) is 0 Å². The predicted octanol–water partition coefficient (Wildman–Crippen LogP) is 1.56. The van der Waals surface area contributed by atoms with E-state index in [4.69, 9.17) is 10.2 Å². The second kappa shape index (κ2) is 22.4. The molecule has 1 fully saturated rings. The zero-order chi connectivity index (χ0) is 8.24. The van der Waals surface area contributed by atoms with Gasteiger partial charge >= 0.3 is 0 Å². The standard InChI is InChI=1S/C6H12.2CH4O.Ti/c1-2-4-6-5-3-1;2*1-2;/h1-6H2;2*2H,1H3;. The molecule has 1 aliphatic carbocycles. The van der Waals surface area contributed by atoms with Crippen molar-refractivity contribution in [3.05, 3.63) is 0 Å². The van der Waals surface area contributed by atoms with Crippen LogP contribution in [0.15, 0.2) is 0 Å². The topological polar surface area (TPSA) is 40.5 Å². The Morgan fingerprint density at radius 2 is 0.636 bits per heavy atom. The molecular weight excluding hydrogens is 176 g/mol. The smallest absolute Gasteiger partial charge is 0.0319 e. The minimum atomic E-state index is 0. The van der Waals surface area contributed by atoms with Crippen molar-refractivity contribution in [3.8, 4) is 0 Å². The molecule has 0 saturated heterocycles. The summed E-state index contributed by atoms with van der Waals surface area (Å²) in [5.74, 6) is 0. The number of aliphatic hydroxyl groups is 2. The molecule has 11 heavy (non-hydrogen) atoms. The van der Waals surface area contributed by atoms with Gasteiger partial charge in [0.05, 0.1) is 0 Å². The summed E-state index contributed by atoms with van der Waals surface area (Å²) in [7, 11) is 2.00. The Morgan fingerprint density at radius 1 is 0.545 bits per heavy atom. The first-order chi connectivity index (χ1) is 5.00. The van der Waals surface area contributed by atoms with Crippen molar-refractivity contribution >= 4 is 0 Å². The molecule has 0 aromatic carbocycles. The molecule has 0 spiro atoms. The molecular formula is C8H20O2Ti. The van der Waals surface area contributed by atoms with E-state index in [0.717, 1.165) is 14.2 Å². The second-order valence-corrected chi connectivity index (χ2v) is 2.12. The first-order valence-electron chi connectivity index (χ1n) is 3.89. The summed E-state index contributed by atoms with van der Waals surface area (Å²) in [5.41, 5.74) is 0. The second-order valence-electron chi connectivity index (χ2n) is 2.12. The maximum Gasteiger partial charge on any atom is 0.0319 e. The van der Waals surface area contributed by atoms with E-state index in [9.17, 15) is 0 Å². The van der Waals surface area contributed by atoms with Crippen molar-refractivity contribution in [1.82, 2.24) is 0 Å². The monoisotopic (exact) mass is 196 g/mol. The van der Waals surface area contributed by atoms with Crippen molar-refractivity contribution in [2.75, 3.05) is 14.2 Å². The van der Waals surface area contributed by atoms with Crippen LogP contribution in [-0.4, -0.2) is 24.4 Å². The van der Waals surface area contributed by atoms with E-state index in [-0.39, 0.29) is 21.7 Å². The van der Waals surface area contributed by atoms with Gasteiger partial charge in [-0.05, 0) is 0 Å². The van der Waals surface area contributed by atoms with Crippen LogP contribution in [0.4, 0.5) is 0 Å². The number of aliphatic hydroxyl groups excluding tert-OH is 2. The molecule has 0 unspecified atom stereocenters. The average molecular weight is 196 g/mol. The molecule has 0 amide bonds. The third-order valence-corrected chi connectivity index (χ3v) is 1.50. The minimum absolute atomic E-state index is 0. The van der Waals surface area contributed by atoms with Crippen LogP contribution in [0.5, 0.6) is 0 Å². The third-order valence-electron chi connectivity index (χ3n) is 1.50. The summed E-state index contributed by atoms with van der Waals surface area (Å²) in [6.45, 7) is 0. The fourth-order valence-corrected chi connectivity index (χ4v) is 1.06. The van der Waals surface area contributed by atoms with E-state index in [1.807, 2.05) is 0 Å². The maximum absolute atomic E-state index is 7.00. The van der Waals surface area contributed by atoms with Gasteiger partial charge < -0.3 is 10.2 Å². The molecule has 1 rings (SSSR count). The molecule has 1 aliphatic rings. The molecule has 0 aromatic rings. The van der Waals surface area contributed by atoms with Crippen molar-refractivity contribution in [2.45, 2.75) is 38.5 Å².